The van der Waals surface area contributed by atoms with Gasteiger partial charge in [0.05, 0.1) is 17.5 Å². The average Bonchev–Trinajstić information content (AvgIpc) is 3.04. The Kier molecular flexibility index (Phi) is 4.39. The van der Waals surface area contributed by atoms with Crippen LogP contribution in [0.2, 0.25) is 0 Å². The summed E-state index contributed by atoms with van der Waals surface area (Å²) < 4.78 is 38.5. The molecule has 0 radical (unpaired) electrons. The van der Waals surface area contributed by atoms with E-state index in [1.165, 1.54) is 12.3 Å². The van der Waals surface area contributed by atoms with Crippen molar-refractivity contribution in [3.8, 4) is 11.3 Å². The van der Waals surface area contributed by atoms with Crippen LogP contribution >= 0.6 is 0 Å². The molecule has 25 heavy (non-hydrogen) atoms. The summed E-state index contributed by atoms with van der Waals surface area (Å²) in [5, 5.41) is 10.5. The van der Waals surface area contributed by atoms with Gasteiger partial charge in [0.2, 0.25) is 0 Å². The largest absolute Gasteiger partial charge is 0.416 e. The van der Waals surface area contributed by atoms with E-state index in [9.17, 15) is 18.3 Å². The average molecular weight is 346 g/mol. The third-order valence-electron chi connectivity index (χ3n) is 4.08. The molecule has 0 fully saturated rings. The second-order valence-corrected chi connectivity index (χ2v) is 6.02. The number of alkyl halides is 3. The first-order chi connectivity index (χ1) is 11.8. The third kappa shape index (κ3) is 3.58. The van der Waals surface area contributed by atoms with Gasteiger partial charge in [0.1, 0.15) is 11.9 Å². The fourth-order valence-electron chi connectivity index (χ4n) is 2.77. The number of aryl methyl sites for hydroxylation is 2. The van der Waals surface area contributed by atoms with Crippen LogP contribution in [0.15, 0.2) is 48.7 Å². The molecule has 0 amide bonds. The number of halogens is 3. The molecular weight excluding hydrogens is 329 g/mol. The second kappa shape index (κ2) is 6.37. The van der Waals surface area contributed by atoms with Crippen molar-refractivity contribution in [3.05, 3.63) is 76.7 Å². The van der Waals surface area contributed by atoms with Gasteiger partial charge in [-0.05, 0) is 37.1 Å². The van der Waals surface area contributed by atoms with Gasteiger partial charge in [-0.3, -0.25) is 0 Å². The number of hydrogen-bond donors (Lipinski definition) is 2. The van der Waals surface area contributed by atoms with E-state index < -0.39 is 17.8 Å². The Bertz CT molecular complexity index is 900. The minimum absolute atomic E-state index is 0.291. The topological polar surface area (TPSA) is 48.9 Å². The van der Waals surface area contributed by atoms with Crippen molar-refractivity contribution in [3.63, 3.8) is 0 Å². The Morgan fingerprint density at radius 1 is 1.08 bits per heavy atom. The van der Waals surface area contributed by atoms with E-state index in [2.05, 4.69) is 9.97 Å². The minimum Gasteiger partial charge on any atom is -0.380 e. The molecule has 0 aliphatic heterocycles. The Labute approximate surface area is 143 Å². The Morgan fingerprint density at radius 2 is 1.84 bits per heavy atom. The molecule has 3 aromatic rings. The first kappa shape index (κ1) is 17.2. The Balaban J connectivity index is 1.92. The normalized spacial score (nSPS) is 13.0. The van der Waals surface area contributed by atoms with Gasteiger partial charge >= 0.3 is 6.18 Å². The second-order valence-electron chi connectivity index (χ2n) is 6.02. The number of aromatic nitrogens is 2. The molecule has 0 bridgehead atoms. The minimum atomic E-state index is -4.41. The summed E-state index contributed by atoms with van der Waals surface area (Å²) in [6.45, 7) is 3.85. The van der Waals surface area contributed by atoms with E-state index >= 15 is 0 Å². The fourth-order valence-corrected chi connectivity index (χ4v) is 2.77. The molecule has 2 aromatic carbocycles. The van der Waals surface area contributed by atoms with E-state index in [1.807, 2.05) is 32.0 Å². The zero-order chi connectivity index (χ0) is 18.2. The highest BCUT2D eigenvalue weighted by molar-refractivity contribution is 5.60. The summed E-state index contributed by atoms with van der Waals surface area (Å²) in [7, 11) is 0. The summed E-state index contributed by atoms with van der Waals surface area (Å²) in [5.74, 6) is 0.291. The number of aromatic amines is 1. The lowest BCUT2D eigenvalue weighted by Crippen LogP contribution is -2.05. The molecule has 1 heterocycles. The van der Waals surface area contributed by atoms with Crippen molar-refractivity contribution in [1.82, 2.24) is 9.97 Å². The van der Waals surface area contributed by atoms with Crippen molar-refractivity contribution in [2.45, 2.75) is 26.1 Å². The lowest BCUT2D eigenvalue weighted by Gasteiger charge is -2.12. The standard InChI is InChI=1S/C19H17F3N2O/c1-11-6-7-15(12(2)8-11)17(25)18-23-10-16(24-18)13-4-3-5-14(9-13)19(20,21)22/h3-10,17,25H,1-2H3,(H,23,24). The van der Waals surface area contributed by atoms with Crippen LogP contribution in [-0.4, -0.2) is 15.1 Å². The predicted octanol–water partition coefficient (Wildman–Crippen LogP) is 4.79. The van der Waals surface area contributed by atoms with Crippen LogP contribution < -0.4 is 0 Å². The maximum Gasteiger partial charge on any atom is 0.416 e. The molecule has 1 unspecified atom stereocenters. The summed E-state index contributed by atoms with van der Waals surface area (Å²) in [5.41, 5.74) is 2.76. The summed E-state index contributed by atoms with van der Waals surface area (Å²) in [6, 6.07) is 10.7. The van der Waals surface area contributed by atoms with Crippen LogP contribution in [0, 0.1) is 13.8 Å². The van der Waals surface area contributed by atoms with Gasteiger partial charge in [-0.1, -0.05) is 35.9 Å². The number of imidazole rings is 1. The molecule has 1 atom stereocenters. The van der Waals surface area contributed by atoms with Gasteiger partial charge in [-0.15, -0.1) is 0 Å². The van der Waals surface area contributed by atoms with Crippen LogP contribution in [0.3, 0.4) is 0 Å². The highest BCUT2D eigenvalue weighted by Gasteiger charge is 2.30. The van der Waals surface area contributed by atoms with Gasteiger partial charge < -0.3 is 10.1 Å². The first-order valence-electron chi connectivity index (χ1n) is 7.73. The SMILES string of the molecule is Cc1ccc(C(O)c2ncc(-c3cccc(C(F)(F)F)c3)[nH]2)c(C)c1. The van der Waals surface area contributed by atoms with Crippen molar-refractivity contribution < 1.29 is 18.3 Å². The van der Waals surface area contributed by atoms with Crippen molar-refractivity contribution in [2.75, 3.05) is 0 Å². The molecule has 3 rings (SSSR count). The highest BCUT2D eigenvalue weighted by Crippen LogP contribution is 2.32. The van der Waals surface area contributed by atoms with Crippen LogP contribution in [0.4, 0.5) is 13.2 Å². The molecular formula is C19H17F3N2O. The monoisotopic (exact) mass is 346 g/mol. The Hall–Kier alpha value is -2.60. The zero-order valence-corrected chi connectivity index (χ0v) is 13.7. The number of hydrogen-bond acceptors (Lipinski definition) is 2. The number of benzene rings is 2. The summed E-state index contributed by atoms with van der Waals surface area (Å²) in [6.07, 6.45) is -3.95. The number of aliphatic hydroxyl groups is 1. The van der Waals surface area contributed by atoms with Crippen LogP contribution in [0.1, 0.15) is 34.2 Å². The molecule has 0 saturated carbocycles. The molecule has 0 saturated heterocycles. The first-order valence-corrected chi connectivity index (χ1v) is 7.73. The van der Waals surface area contributed by atoms with Gasteiger partial charge in [-0.25, -0.2) is 4.98 Å². The third-order valence-corrected chi connectivity index (χ3v) is 4.08. The van der Waals surface area contributed by atoms with Gasteiger partial charge in [0, 0.05) is 5.56 Å². The number of nitrogens with one attached hydrogen (secondary N) is 1. The quantitative estimate of drug-likeness (QED) is 0.716. The molecule has 0 spiro atoms. The maximum atomic E-state index is 12.8. The zero-order valence-electron chi connectivity index (χ0n) is 13.7. The molecule has 0 aliphatic rings. The van der Waals surface area contributed by atoms with Crippen molar-refractivity contribution >= 4 is 0 Å². The number of aliphatic hydroxyl groups excluding tert-OH is 1. The van der Waals surface area contributed by atoms with Crippen molar-refractivity contribution in [1.29, 1.82) is 0 Å². The predicted molar refractivity (Wildman–Crippen MR) is 89.0 cm³/mol. The highest BCUT2D eigenvalue weighted by atomic mass is 19.4. The molecule has 1 aromatic heterocycles. The van der Waals surface area contributed by atoms with E-state index in [0.717, 1.165) is 23.3 Å². The van der Waals surface area contributed by atoms with Crippen LogP contribution in [-0.2, 0) is 6.18 Å². The lowest BCUT2D eigenvalue weighted by atomic mass is 10.0. The molecule has 3 nitrogen and oxygen atoms in total. The van der Waals surface area contributed by atoms with Crippen LogP contribution in [0.25, 0.3) is 11.3 Å². The van der Waals surface area contributed by atoms with E-state index in [4.69, 9.17) is 0 Å². The van der Waals surface area contributed by atoms with Gasteiger partial charge in [-0.2, -0.15) is 13.2 Å². The molecule has 0 aliphatic carbocycles. The smallest absolute Gasteiger partial charge is 0.380 e. The molecule has 6 heteroatoms. The van der Waals surface area contributed by atoms with Gasteiger partial charge in [0.25, 0.3) is 0 Å². The van der Waals surface area contributed by atoms with Crippen molar-refractivity contribution in [2.24, 2.45) is 0 Å². The number of H-pyrrole nitrogens is 1. The number of rotatable bonds is 3. The van der Waals surface area contributed by atoms with E-state index in [0.29, 0.717) is 22.6 Å². The summed E-state index contributed by atoms with van der Waals surface area (Å²) >= 11 is 0. The molecule has 130 valence electrons. The number of nitrogens with zero attached hydrogens (tertiary/aromatic N) is 1. The lowest BCUT2D eigenvalue weighted by molar-refractivity contribution is -0.137. The Morgan fingerprint density at radius 3 is 2.52 bits per heavy atom. The fraction of sp³-hybridized carbons (Fsp3) is 0.211. The molecule has 2 N–H and O–H groups in total. The summed E-state index contributed by atoms with van der Waals surface area (Å²) in [4.78, 5) is 7.06. The van der Waals surface area contributed by atoms with E-state index in [-0.39, 0.29) is 0 Å². The van der Waals surface area contributed by atoms with Crippen LogP contribution in [0.5, 0.6) is 0 Å². The van der Waals surface area contributed by atoms with Gasteiger partial charge in [0.15, 0.2) is 0 Å². The van der Waals surface area contributed by atoms with E-state index in [1.54, 1.807) is 6.07 Å². The maximum absolute atomic E-state index is 12.8.